The van der Waals surface area contributed by atoms with Crippen LogP contribution in [0.4, 0.5) is 5.69 Å². The Morgan fingerprint density at radius 3 is 2.55 bits per heavy atom. The first-order valence-corrected chi connectivity index (χ1v) is 6.16. The van der Waals surface area contributed by atoms with E-state index in [4.69, 9.17) is 0 Å². The zero-order valence-electron chi connectivity index (χ0n) is 10.5. The number of rotatable bonds is 3. The van der Waals surface area contributed by atoms with Gasteiger partial charge >= 0.3 is 0 Å². The standard InChI is InChI=1S/C15H12N2O3/c18-15(11-6-2-4-8-14(11)17(19)20)12-9-16-13-7-3-1-5-10(12)13/h1-9,15-16,18H. The largest absolute Gasteiger partial charge is 0.383 e. The molecule has 3 aromatic rings. The van der Waals surface area contributed by atoms with E-state index in [1.807, 2.05) is 24.3 Å². The van der Waals surface area contributed by atoms with Crippen LogP contribution in [0, 0.1) is 10.1 Å². The number of nitro benzene ring substituents is 1. The van der Waals surface area contributed by atoms with Gasteiger partial charge in [-0.15, -0.1) is 0 Å². The molecular formula is C15H12N2O3. The lowest BCUT2D eigenvalue weighted by Crippen LogP contribution is -2.03. The molecule has 20 heavy (non-hydrogen) atoms. The predicted octanol–water partition coefficient (Wildman–Crippen LogP) is 3.16. The second-order valence-corrected chi connectivity index (χ2v) is 4.51. The number of para-hydroxylation sites is 2. The number of aromatic amines is 1. The molecule has 1 heterocycles. The van der Waals surface area contributed by atoms with Crippen LogP contribution in [0.25, 0.3) is 10.9 Å². The van der Waals surface area contributed by atoms with Gasteiger partial charge in [0.25, 0.3) is 5.69 Å². The van der Waals surface area contributed by atoms with E-state index in [2.05, 4.69) is 4.98 Å². The molecule has 2 N–H and O–H groups in total. The molecular weight excluding hydrogens is 256 g/mol. The van der Waals surface area contributed by atoms with E-state index in [-0.39, 0.29) is 5.69 Å². The maximum atomic E-state index is 11.0. The predicted molar refractivity (Wildman–Crippen MR) is 75.5 cm³/mol. The lowest BCUT2D eigenvalue weighted by molar-refractivity contribution is -0.386. The van der Waals surface area contributed by atoms with Crippen LogP contribution in [-0.2, 0) is 0 Å². The Hall–Kier alpha value is -2.66. The maximum absolute atomic E-state index is 11.0. The van der Waals surface area contributed by atoms with E-state index in [0.717, 1.165) is 10.9 Å². The Kier molecular flexibility index (Phi) is 2.96. The minimum Gasteiger partial charge on any atom is -0.383 e. The number of hydrogen-bond donors (Lipinski definition) is 2. The molecule has 0 amide bonds. The first-order valence-electron chi connectivity index (χ1n) is 6.16. The number of aliphatic hydroxyl groups excluding tert-OH is 1. The van der Waals surface area contributed by atoms with Gasteiger partial charge < -0.3 is 10.1 Å². The van der Waals surface area contributed by atoms with Gasteiger partial charge in [0.05, 0.1) is 10.5 Å². The van der Waals surface area contributed by atoms with E-state index in [9.17, 15) is 15.2 Å². The number of nitro groups is 1. The van der Waals surface area contributed by atoms with E-state index < -0.39 is 11.0 Å². The van der Waals surface area contributed by atoms with Crippen molar-refractivity contribution in [3.63, 3.8) is 0 Å². The van der Waals surface area contributed by atoms with Crippen molar-refractivity contribution < 1.29 is 10.0 Å². The summed E-state index contributed by atoms with van der Waals surface area (Å²) in [4.78, 5) is 13.6. The molecule has 0 radical (unpaired) electrons. The Morgan fingerprint density at radius 2 is 1.75 bits per heavy atom. The van der Waals surface area contributed by atoms with E-state index in [0.29, 0.717) is 11.1 Å². The van der Waals surface area contributed by atoms with Gasteiger partial charge in [0.2, 0.25) is 0 Å². The molecule has 1 atom stereocenters. The van der Waals surface area contributed by atoms with Gasteiger partial charge in [-0.2, -0.15) is 0 Å². The van der Waals surface area contributed by atoms with Crippen LogP contribution in [-0.4, -0.2) is 15.0 Å². The van der Waals surface area contributed by atoms with Crippen LogP contribution in [0.3, 0.4) is 0 Å². The number of aliphatic hydroxyl groups is 1. The fraction of sp³-hybridized carbons (Fsp3) is 0.0667. The fourth-order valence-electron chi connectivity index (χ4n) is 2.37. The molecule has 1 aromatic heterocycles. The topological polar surface area (TPSA) is 79.2 Å². The first kappa shape index (κ1) is 12.4. The number of fused-ring (bicyclic) bond motifs is 1. The van der Waals surface area contributed by atoms with Crippen LogP contribution in [0.2, 0.25) is 0 Å². The third-order valence-electron chi connectivity index (χ3n) is 3.34. The molecule has 1 unspecified atom stereocenters. The van der Waals surface area contributed by atoms with Crippen LogP contribution in [0.1, 0.15) is 17.2 Å². The highest BCUT2D eigenvalue weighted by molar-refractivity contribution is 5.84. The number of nitrogens with zero attached hydrogens (tertiary/aromatic N) is 1. The highest BCUT2D eigenvalue weighted by Crippen LogP contribution is 2.33. The summed E-state index contributed by atoms with van der Waals surface area (Å²) in [7, 11) is 0. The first-order chi connectivity index (χ1) is 9.68. The Labute approximate surface area is 114 Å². The van der Waals surface area contributed by atoms with E-state index >= 15 is 0 Å². The highest BCUT2D eigenvalue weighted by Gasteiger charge is 2.23. The molecule has 3 rings (SSSR count). The third-order valence-corrected chi connectivity index (χ3v) is 3.34. The number of benzene rings is 2. The van der Waals surface area contributed by atoms with Gasteiger partial charge in [-0.25, -0.2) is 0 Å². The molecule has 0 spiro atoms. The highest BCUT2D eigenvalue weighted by atomic mass is 16.6. The number of H-pyrrole nitrogens is 1. The zero-order valence-corrected chi connectivity index (χ0v) is 10.5. The SMILES string of the molecule is O=[N+]([O-])c1ccccc1C(O)c1c[nH]c2ccccc12. The number of aromatic nitrogens is 1. The van der Waals surface area contributed by atoms with Crippen LogP contribution in [0.5, 0.6) is 0 Å². The number of nitrogens with one attached hydrogen (secondary N) is 1. The molecule has 0 bridgehead atoms. The molecule has 0 fully saturated rings. The minimum absolute atomic E-state index is 0.0784. The molecule has 5 nitrogen and oxygen atoms in total. The van der Waals surface area contributed by atoms with Gasteiger partial charge in [0.15, 0.2) is 0 Å². The molecule has 0 aliphatic carbocycles. The van der Waals surface area contributed by atoms with E-state index in [1.165, 1.54) is 6.07 Å². The van der Waals surface area contributed by atoms with Crippen molar-refractivity contribution >= 4 is 16.6 Å². The summed E-state index contributed by atoms with van der Waals surface area (Å²) >= 11 is 0. The second kappa shape index (κ2) is 4.79. The van der Waals surface area contributed by atoms with Crippen molar-refractivity contribution in [3.8, 4) is 0 Å². The summed E-state index contributed by atoms with van der Waals surface area (Å²) in [6.45, 7) is 0. The van der Waals surface area contributed by atoms with Crippen LogP contribution >= 0.6 is 0 Å². The average Bonchev–Trinajstić information content (AvgIpc) is 2.90. The lowest BCUT2D eigenvalue weighted by atomic mass is 9.99. The summed E-state index contributed by atoms with van der Waals surface area (Å²) < 4.78 is 0. The fourth-order valence-corrected chi connectivity index (χ4v) is 2.37. The normalized spacial score (nSPS) is 12.4. The summed E-state index contributed by atoms with van der Waals surface area (Å²) in [5.41, 5.74) is 1.74. The Balaban J connectivity index is 2.13. The maximum Gasteiger partial charge on any atom is 0.275 e. The zero-order chi connectivity index (χ0) is 14.1. The molecule has 0 saturated carbocycles. The van der Waals surface area contributed by atoms with Gasteiger partial charge in [-0.1, -0.05) is 30.3 Å². The molecule has 2 aromatic carbocycles. The van der Waals surface area contributed by atoms with Crippen molar-refractivity contribution in [1.29, 1.82) is 0 Å². The smallest absolute Gasteiger partial charge is 0.275 e. The number of hydrogen-bond acceptors (Lipinski definition) is 3. The summed E-state index contributed by atoms with van der Waals surface area (Å²) in [5.74, 6) is 0. The lowest BCUT2D eigenvalue weighted by Gasteiger charge is -2.10. The van der Waals surface area contributed by atoms with Gasteiger partial charge in [0.1, 0.15) is 6.10 Å². The van der Waals surface area contributed by atoms with E-state index in [1.54, 1.807) is 24.4 Å². The molecule has 0 saturated heterocycles. The van der Waals surface area contributed by atoms with Crippen molar-refractivity contribution in [3.05, 3.63) is 76.0 Å². The molecule has 0 aliphatic rings. The summed E-state index contributed by atoms with van der Waals surface area (Å²) in [6.07, 6.45) is 0.652. The monoisotopic (exact) mass is 268 g/mol. The average molecular weight is 268 g/mol. The second-order valence-electron chi connectivity index (χ2n) is 4.51. The quantitative estimate of drug-likeness (QED) is 0.565. The minimum atomic E-state index is -1.03. The molecule has 5 heteroatoms. The van der Waals surface area contributed by atoms with Gasteiger partial charge in [-0.05, 0) is 12.1 Å². The van der Waals surface area contributed by atoms with Crippen molar-refractivity contribution in [2.24, 2.45) is 0 Å². The summed E-state index contributed by atoms with van der Waals surface area (Å²) in [6, 6.07) is 13.8. The van der Waals surface area contributed by atoms with Gasteiger partial charge in [-0.3, -0.25) is 10.1 Å². The summed E-state index contributed by atoms with van der Waals surface area (Å²) in [5, 5.41) is 22.4. The molecule has 0 aliphatic heterocycles. The van der Waals surface area contributed by atoms with Crippen LogP contribution in [0.15, 0.2) is 54.7 Å². The van der Waals surface area contributed by atoms with Crippen molar-refractivity contribution in [2.45, 2.75) is 6.10 Å². The Bertz CT molecular complexity index is 779. The third kappa shape index (κ3) is 1.94. The van der Waals surface area contributed by atoms with Crippen molar-refractivity contribution in [2.75, 3.05) is 0 Å². The van der Waals surface area contributed by atoms with Crippen LogP contribution < -0.4 is 0 Å². The molecule has 100 valence electrons. The van der Waals surface area contributed by atoms with Gasteiger partial charge in [0, 0.05) is 28.7 Å². The Morgan fingerprint density at radius 1 is 1.05 bits per heavy atom. The van der Waals surface area contributed by atoms with Crippen molar-refractivity contribution in [1.82, 2.24) is 4.98 Å².